The Hall–Kier alpha value is -4.09. The molecule has 0 unspecified atom stereocenters. The van der Waals surface area contributed by atoms with Gasteiger partial charge in [-0.2, -0.15) is 15.8 Å². The van der Waals surface area contributed by atoms with Crippen molar-refractivity contribution in [2.75, 3.05) is 12.4 Å². The molecule has 2 rings (SSSR count). The van der Waals surface area contributed by atoms with Gasteiger partial charge >= 0.3 is 5.97 Å². The van der Waals surface area contributed by atoms with Crippen LogP contribution in [0.5, 0.6) is 0 Å². The Kier molecular flexibility index (Phi) is 4.92. The van der Waals surface area contributed by atoms with E-state index in [1.807, 2.05) is 0 Å². The first kappa shape index (κ1) is 16.3. The molecule has 1 aromatic heterocycles. The molecule has 0 atom stereocenters. The van der Waals surface area contributed by atoms with Gasteiger partial charge in [0.15, 0.2) is 5.57 Å². The molecule has 0 saturated carbocycles. The highest BCUT2D eigenvalue weighted by molar-refractivity contribution is 5.96. The maximum absolute atomic E-state index is 11.9. The van der Waals surface area contributed by atoms with Crippen molar-refractivity contribution in [1.82, 2.24) is 9.55 Å². The molecule has 0 saturated heterocycles. The van der Waals surface area contributed by atoms with Crippen molar-refractivity contribution in [1.29, 1.82) is 15.8 Å². The number of benzene rings is 1. The summed E-state index contributed by atoms with van der Waals surface area (Å²) >= 11 is 0. The fourth-order valence-corrected chi connectivity index (χ4v) is 1.91. The van der Waals surface area contributed by atoms with E-state index in [-0.39, 0.29) is 22.5 Å². The van der Waals surface area contributed by atoms with Crippen molar-refractivity contribution >= 4 is 11.7 Å². The zero-order chi connectivity index (χ0) is 17.5. The third-order valence-electron chi connectivity index (χ3n) is 3.06. The Morgan fingerprint density at radius 2 is 2.00 bits per heavy atom. The van der Waals surface area contributed by atoms with Gasteiger partial charge in [-0.15, -0.1) is 0 Å². The number of ether oxygens (including phenoxy) is 1. The molecule has 116 valence electrons. The average molecular weight is 318 g/mol. The minimum atomic E-state index is -0.623. The largest absolute Gasteiger partial charge is 0.465 e. The van der Waals surface area contributed by atoms with E-state index in [1.165, 1.54) is 13.2 Å². The summed E-state index contributed by atoms with van der Waals surface area (Å²) in [5, 5.41) is 29.6. The minimum absolute atomic E-state index is 0.157. The van der Waals surface area contributed by atoms with Gasteiger partial charge in [0.2, 0.25) is 0 Å². The number of esters is 1. The first-order valence-electron chi connectivity index (χ1n) is 6.57. The lowest BCUT2D eigenvalue weighted by Gasteiger charge is -2.12. The molecular weight excluding hydrogens is 308 g/mol. The van der Waals surface area contributed by atoms with Crippen LogP contribution < -0.4 is 5.32 Å². The third-order valence-corrected chi connectivity index (χ3v) is 3.06. The number of hydrogen-bond acceptors (Lipinski definition) is 7. The quantitative estimate of drug-likeness (QED) is 0.673. The molecule has 8 nitrogen and oxygen atoms in total. The summed E-state index contributed by atoms with van der Waals surface area (Å²) < 4.78 is 6.40. The fraction of sp³-hybridized carbons (Fsp3) is 0.0625. The molecule has 2 aromatic rings. The maximum atomic E-state index is 11.9. The molecule has 1 heterocycles. The van der Waals surface area contributed by atoms with E-state index in [0.717, 1.165) is 0 Å². The zero-order valence-electron chi connectivity index (χ0n) is 12.5. The van der Waals surface area contributed by atoms with Crippen LogP contribution in [0.15, 0.2) is 48.2 Å². The Bertz CT molecular complexity index is 907. The lowest BCUT2D eigenvalue weighted by Crippen LogP contribution is -2.09. The van der Waals surface area contributed by atoms with Crippen molar-refractivity contribution in [2.45, 2.75) is 0 Å². The summed E-state index contributed by atoms with van der Waals surface area (Å²) in [5.41, 5.74) is 0.404. The topological polar surface area (TPSA) is 128 Å². The van der Waals surface area contributed by atoms with Gasteiger partial charge in [-0.1, -0.05) is 0 Å². The standard InChI is InChI=1S/C16H10N6O2/c1-24-16(23)13-3-2-12(22-5-4-20-10-22)6-14(13)21-15(9-19)11(7-17)8-18/h2-6,10,21H,1H3. The number of carbonyl (C=O) groups is 1. The second kappa shape index (κ2) is 7.26. The van der Waals surface area contributed by atoms with Gasteiger partial charge in [0, 0.05) is 18.1 Å². The summed E-state index contributed by atoms with van der Waals surface area (Å²) in [5.74, 6) is -0.623. The van der Waals surface area contributed by atoms with Gasteiger partial charge < -0.3 is 14.6 Å². The normalized spacial score (nSPS) is 9.08. The number of rotatable bonds is 4. The summed E-state index contributed by atoms with van der Waals surface area (Å²) in [4.78, 5) is 15.8. The lowest BCUT2D eigenvalue weighted by molar-refractivity contribution is 0.0602. The Balaban J connectivity index is 2.57. The number of nitrogens with zero attached hydrogens (tertiary/aromatic N) is 5. The van der Waals surface area contributed by atoms with E-state index in [4.69, 9.17) is 20.5 Å². The van der Waals surface area contributed by atoms with E-state index in [2.05, 4.69) is 10.3 Å². The summed E-state index contributed by atoms with van der Waals surface area (Å²) in [6, 6.07) is 9.77. The van der Waals surface area contributed by atoms with Gasteiger partial charge in [-0.3, -0.25) is 0 Å². The number of hydrogen-bond donors (Lipinski definition) is 1. The van der Waals surface area contributed by atoms with Crippen LogP contribution in [0.4, 0.5) is 5.69 Å². The highest BCUT2D eigenvalue weighted by atomic mass is 16.5. The Labute approximate surface area is 137 Å². The number of methoxy groups -OCH3 is 1. The number of aromatic nitrogens is 2. The SMILES string of the molecule is COC(=O)c1ccc(-n2ccnc2)cc1NC(C#N)=C(C#N)C#N. The molecule has 0 bridgehead atoms. The van der Waals surface area contributed by atoms with Gasteiger partial charge in [0.1, 0.15) is 23.9 Å². The Morgan fingerprint density at radius 3 is 2.54 bits per heavy atom. The number of allylic oxidation sites excluding steroid dienone is 2. The number of carbonyl (C=O) groups excluding carboxylic acids is 1. The first-order valence-corrected chi connectivity index (χ1v) is 6.57. The summed E-state index contributed by atoms with van der Waals surface area (Å²) in [6.45, 7) is 0. The molecule has 0 spiro atoms. The van der Waals surface area contributed by atoms with Crippen molar-refractivity contribution in [2.24, 2.45) is 0 Å². The van der Waals surface area contributed by atoms with E-state index in [9.17, 15) is 4.79 Å². The van der Waals surface area contributed by atoms with Crippen molar-refractivity contribution in [3.8, 4) is 23.9 Å². The first-order chi connectivity index (χ1) is 11.6. The molecule has 1 N–H and O–H groups in total. The fourth-order valence-electron chi connectivity index (χ4n) is 1.91. The van der Waals surface area contributed by atoms with Crippen molar-refractivity contribution in [3.05, 3.63) is 53.8 Å². The molecule has 0 fully saturated rings. The van der Waals surface area contributed by atoms with Crippen LogP contribution in [0.2, 0.25) is 0 Å². The van der Waals surface area contributed by atoms with Crippen LogP contribution in [-0.2, 0) is 4.74 Å². The average Bonchev–Trinajstić information content (AvgIpc) is 3.15. The molecule has 0 aliphatic carbocycles. The minimum Gasteiger partial charge on any atom is -0.465 e. The maximum Gasteiger partial charge on any atom is 0.339 e. The van der Waals surface area contributed by atoms with Crippen LogP contribution in [-0.4, -0.2) is 22.6 Å². The third kappa shape index (κ3) is 3.22. The molecule has 0 aliphatic heterocycles. The highest BCUT2D eigenvalue weighted by Crippen LogP contribution is 2.23. The molecule has 24 heavy (non-hydrogen) atoms. The van der Waals surface area contributed by atoms with E-state index in [0.29, 0.717) is 5.69 Å². The van der Waals surface area contributed by atoms with Crippen molar-refractivity contribution < 1.29 is 9.53 Å². The van der Waals surface area contributed by atoms with Crippen LogP contribution in [0.3, 0.4) is 0 Å². The molecule has 0 aliphatic rings. The second-order valence-electron chi connectivity index (χ2n) is 4.40. The van der Waals surface area contributed by atoms with Gasteiger partial charge in [0.05, 0.1) is 24.7 Å². The zero-order valence-corrected chi connectivity index (χ0v) is 12.5. The van der Waals surface area contributed by atoms with E-state index >= 15 is 0 Å². The monoisotopic (exact) mass is 318 g/mol. The number of anilines is 1. The predicted molar refractivity (Wildman–Crippen MR) is 82.4 cm³/mol. The molecule has 0 amide bonds. The van der Waals surface area contributed by atoms with Crippen LogP contribution in [0.1, 0.15) is 10.4 Å². The number of imidazole rings is 1. The highest BCUT2D eigenvalue weighted by Gasteiger charge is 2.16. The predicted octanol–water partition coefficient (Wildman–Crippen LogP) is 1.90. The van der Waals surface area contributed by atoms with E-state index in [1.54, 1.807) is 53.6 Å². The van der Waals surface area contributed by atoms with Crippen LogP contribution >= 0.6 is 0 Å². The molecule has 0 radical (unpaired) electrons. The Morgan fingerprint density at radius 1 is 1.25 bits per heavy atom. The lowest BCUT2D eigenvalue weighted by atomic mass is 10.1. The molecular formula is C16H10N6O2. The van der Waals surface area contributed by atoms with E-state index < -0.39 is 5.97 Å². The molecule has 8 heteroatoms. The number of nitriles is 3. The van der Waals surface area contributed by atoms with Gasteiger partial charge in [-0.25, -0.2) is 9.78 Å². The second-order valence-corrected chi connectivity index (χ2v) is 4.40. The van der Waals surface area contributed by atoms with Crippen LogP contribution in [0.25, 0.3) is 5.69 Å². The summed E-state index contributed by atoms with van der Waals surface area (Å²) in [6.07, 6.45) is 4.85. The van der Waals surface area contributed by atoms with Crippen molar-refractivity contribution in [3.63, 3.8) is 0 Å². The van der Waals surface area contributed by atoms with Gasteiger partial charge in [-0.05, 0) is 18.2 Å². The van der Waals surface area contributed by atoms with Gasteiger partial charge in [0.25, 0.3) is 0 Å². The van der Waals surface area contributed by atoms with Crippen LogP contribution in [0, 0.1) is 34.0 Å². The molecule has 1 aromatic carbocycles. The summed E-state index contributed by atoms with van der Waals surface area (Å²) in [7, 11) is 1.23. The smallest absolute Gasteiger partial charge is 0.339 e. The number of nitrogens with one attached hydrogen (secondary N) is 1.